The molecule has 2 N–H and O–H groups in total. The molecule has 0 aliphatic heterocycles. The van der Waals surface area contributed by atoms with Crippen molar-refractivity contribution < 1.29 is 5.11 Å². The van der Waals surface area contributed by atoms with Gasteiger partial charge in [-0.05, 0) is 43.0 Å². The molecule has 0 radical (unpaired) electrons. The van der Waals surface area contributed by atoms with E-state index in [1.807, 2.05) is 6.07 Å². The SMILES string of the molecule is Cc1ccc(C(O)CNCC(C)C)cc1C. The van der Waals surface area contributed by atoms with Gasteiger partial charge in [0.15, 0.2) is 0 Å². The lowest BCUT2D eigenvalue weighted by Gasteiger charge is -2.14. The number of hydrogen-bond donors (Lipinski definition) is 2. The lowest BCUT2D eigenvalue weighted by atomic mass is 10.0. The van der Waals surface area contributed by atoms with Crippen molar-refractivity contribution in [2.24, 2.45) is 5.92 Å². The zero-order chi connectivity index (χ0) is 12.1. The average Bonchev–Trinajstić information content (AvgIpc) is 2.21. The van der Waals surface area contributed by atoms with Crippen LogP contribution in [0.15, 0.2) is 18.2 Å². The maximum Gasteiger partial charge on any atom is 0.0914 e. The first-order chi connectivity index (χ1) is 7.50. The van der Waals surface area contributed by atoms with Gasteiger partial charge >= 0.3 is 0 Å². The van der Waals surface area contributed by atoms with Gasteiger partial charge < -0.3 is 10.4 Å². The molecule has 90 valence electrons. The summed E-state index contributed by atoms with van der Waals surface area (Å²) in [5, 5.41) is 13.3. The highest BCUT2D eigenvalue weighted by Crippen LogP contribution is 2.16. The molecular formula is C14H23NO. The van der Waals surface area contributed by atoms with Gasteiger partial charge in [-0.15, -0.1) is 0 Å². The van der Waals surface area contributed by atoms with E-state index < -0.39 is 6.10 Å². The van der Waals surface area contributed by atoms with Crippen LogP contribution in [0.4, 0.5) is 0 Å². The van der Waals surface area contributed by atoms with Crippen LogP contribution in [0.1, 0.15) is 36.6 Å². The van der Waals surface area contributed by atoms with Crippen molar-refractivity contribution in [2.75, 3.05) is 13.1 Å². The summed E-state index contributed by atoms with van der Waals surface area (Å²) in [7, 11) is 0. The summed E-state index contributed by atoms with van der Waals surface area (Å²) in [5.41, 5.74) is 3.51. The molecule has 0 fully saturated rings. The smallest absolute Gasteiger partial charge is 0.0914 e. The molecule has 0 aliphatic rings. The molecule has 0 heterocycles. The summed E-state index contributed by atoms with van der Waals surface area (Å²) in [6, 6.07) is 6.14. The molecule has 1 aromatic carbocycles. The summed E-state index contributed by atoms with van der Waals surface area (Å²) < 4.78 is 0. The minimum atomic E-state index is -0.405. The van der Waals surface area contributed by atoms with Crippen molar-refractivity contribution in [1.29, 1.82) is 0 Å². The van der Waals surface area contributed by atoms with Crippen molar-refractivity contribution in [3.05, 3.63) is 34.9 Å². The Morgan fingerprint density at radius 3 is 2.38 bits per heavy atom. The van der Waals surface area contributed by atoms with E-state index in [-0.39, 0.29) is 0 Å². The van der Waals surface area contributed by atoms with Gasteiger partial charge in [0.05, 0.1) is 6.10 Å². The van der Waals surface area contributed by atoms with E-state index in [2.05, 4.69) is 45.1 Å². The van der Waals surface area contributed by atoms with Crippen LogP contribution < -0.4 is 5.32 Å². The number of rotatable bonds is 5. The van der Waals surface area contributed by atoms with E-state index in [9.17, 15) is 5.11 Å². The largest absolute Gasteiger partial charge is 0.387 e. The van der Waals surface area contributed by atoms with Crippen LogP contribution in [-0.2, 0) is 0 Å². The van der Waals surface area contributed by atoms with E-state index in [1.165, 1.54) is 11.1 Å². The summed E-state index contributed by atoms with van der Waals surface area (Å²) >= 11 is 0. The number of benzene rings is 1. The van der Waals surface area contributed by atoms with Gasteiger partial charge in [0, 0.05) is 6.54 Å². The van der Waals surface area contributed by atoms with Gasteiger partial charge in [-0.2, -0.15) is 0 Å². The normalized spacial score (nSPS) is 13.1. The van der Waals surface area contributed by atoms with Crippen molar-refractivity contribution in [3.8, 4) is 0 Å². The molecule has 0 amide bonds. The van der Waals surface area contributed by atoms with Gasteiger partial charge in [0.1, 0.15) is 0 Å². The van der Waals surface area contributed by atoms with Crippen LogP contribution in [0, 0.1) is 19.8 Å². The molecule has 1 unspecified atom stereocenters. The van der Waals surface area contributed by atoms with E-state index in [0.29, 0.717) is 12.5 Å². The van der Waals surface area contributed by atoms with Gasteiger partial charge in [0.25, 0.3) is 0 Å². The molecule has 0 aromatic heterocycles. The Kier molecular flexibility index (Phi) is 4.97. The van der Waals surface area contributed by atoms with Gasteiger partial charge in [-0.3, -0.25) is 0 Å². The van der Waals surface area contributed by atoms with Crippen LogP contribution >= 0.6 is 0 Å². The maximum absolute atomic E-state index is 9.99. The highest BCUT2D eigenvalue weighted by molar-refractivity contribution is 5.31. The van der Waals surface area contributed by atoms with Crippen LogP contribution in [0.3, 0.4) is 0 Å². The first-order valence-corrected chi connectivity index (χ1v) is 5.96. The van der Waals surface area contributed by atoms with Crippen LogP contribution in [-0.4, -0.2) is 18.2 Å². The Morgan fingerprint density at radius 1 is 1.12 bits per heavy atom. The molecule has 0 saturated carbocycles. The molecule has 1 aromatic rings. The Morgan fingerprint density at radius 2 is 1.81 bits per heavy atom. The molecule has 0 spiro atoms. The fourth-order valence-electron chi connectivity index (χ4n) is 1.60. The third kappa shape index (κ3) is 3.95. The third-order valence-corrected chi connectivity index (χ3v) is 2.81. The fourth-order valence-corrected chi connectivity index (χ4v) is 1.60. The average molecular weight is 221 g/mol. The molecule has 2 nitrogen and oxygen atoms in total. The van der Waals surface area contributed by atoms with E-state index in [1.54, 1.807) is 0 Å². The lowest BCUT2D eigenvalue weighted by Crippen LogP contribution is -2.25. The van der Waals surface area contributed by atoms with Crippen LogP contribution in [0.25, 0.3) is 0 Å². The lowest BCUT2D eigenvalue weighted by molar-refractivity contribution is 0.173. The maximum atomic E-state index is 9.99. The fraction of sp³-hybridized carbons (Fsp3) is 0.571. The number of aliphatic hydroxyl groups is 1. The number of nitrogens with one attached hydrogen (secondary N) is 1. The standard InChI is InChI=1S/C14H23NO/c1-10(2)8-15-9-14(16)13-6-5-11(3)12(4)7-13/h5-7,10,14-16H,8-9H2,1-4H3. The zero-order valence-electron chi connectivity index (χ0n) is 10.7. The first kappa shape index (κ1) is 13.2. The Hall–Kier alpha value is -0.860. The topological polar surface area (TPSA) is 32.3 Å². The van der Waals surface area contributed by atoms with Crippen LogP contribution in [0.2, 0.25) is 0 Å². The molecule has 2 heteroatoms. The second-order valence-electron chi connectivity index (χ2n) is 4.91. The third-order valence-electron chi connectivity index (χ3n) is 2.81. The summed E-state index contributed by atoms with van der Waals surface area (Å²) in [6.45, 7) is 10.1. The summed E-state index contributed by atoms with van der Waals surface area (Å²) in [4.78, 5) is 0. The van der Waals surface area contributed by atoms with Crippen molar-refractivity contribution >= 4 is 0 Å². The Balaban J connectivity index is 2.52. The summed E-state index contributed by atoms with van der Waals surface area (Å²) in [6.07, 6.45) is -0.405. The Bertz CT molecular complexity index is 334. The molecular weight excluding hydrogens is 198 g/mol. The number of hydrogen-bond acceptors (Lipinski definition) is 2. The van der Waals surface area contributed by atoms with Gasteiger partial charge in [-0.1, -0.05) is 32.0 Å². The molecule has 0 saturated heterocycles. The first-order valence-electron chi connectivity index (χ1n) is 5.96. The zero-order valence-corrected chi connectivity index (χ0v) is 10.7. The number of aryl methyl sites for hydroxylation is 2. The highest BCUT2D eigenvalue weighted by atomic mass is 16.3. The second-order valence-corrected chi connectivity index (χ2v) is 4.91. The molecule has 0 aliphatic carbocycles. The molecule has 1 rings (SSSR count). The van der Waals surface area contributed by atoms with Gasteiger partial charge in [-0.25, -0.2) is 0 Å². The van der Waals surface area contributed by atoms with Crippen molar-refractivity contribution in [3.63, 3.8) is 0 Å². The molecule has 16 heavy (non-hydrogen) atoms. The minimum Gasteiger partial charge on any atom is -0.387 e. The number of aliphatic hydroxyl groups excluding tert-OH is 1. The van der Waals surface area contributed by atoms with Crippen molar-refractivity contribution in [2.45, 2.75) is 33.8 Å². The molecule has 1 atom stereocenters. The van der Waals surface area contributed by atoms with E-state index in [4.69, 9.17) is 0 Å². The van der Waals surface area contributed by atoms with Gasteiger partial charge in [0.2, 0.25) is 0 Å². The second kappa shape index (κ2) is 6.02. The molecule has 0 bridgehead atoms. The Labute approximate surface area is 98.7 Å². The monoisotopic (exact) mass is 221 g/mol. The summed E-state index contributed by atoms with van der Waals surface area (Å²) in [5.74, 6) is 0.618. The van der Waals surface area contributed by atoms with Crippen molar-refractivity contribution in [1.82, 2.24) is 5.32 Å². The predicted octanol–water partition coefficient (Wildman–Crippen LogP) is 2.58. The minimum absolute atomic E-state index is 0.405. The van der Waals surface area contributed by atoms with Crippen LogP contribution in [0.5, 0.6) is 0 Å². The highest BCUT2D eigenvalue weighted by Gasteiger charge is 2.07. The van der Waals surface area contributed by atoms with E-state index in [0.717, 1.165) is 12.1 Å². The quantitative estimate of drug-likeness (QED) is 0.801. The predicted molar refractivity (Wildman–Crippen MR) is 68.6 cm³/mol. The van der Waals surface area contributed by atoms with E-state index >= 15 is 0 Å².